The van der Waals surface area contributed by atoms with E-state index in [2.05, 4.69) is 29.6 Å². The number of anilines is 1. The van der Waals surface area contributed by atoms with E-state index in [1.165, 1.54) is 11.1 Å². The first-order chi connectivity index (χ1) is 9.74. The van der Waals surface area contributed by atoms with Crippen molar-refractivity contribution in [1.82, 2.24) is 4.90 Å². The molecule has 1 N–H and O–H groups in total. The summed E-state index contributed by atoms with van der Waals surface area (Å²) in [6, 6.07) is 18.2. The number of likely N-dealkylation sites (N-methyl/N-ethyl adjacent to an activating group) is 1. The third-order valence-corrected chi connectivity index (χ3v) is 3.92. The van der Waals surface area contributed by atoms with Gasteiger partial charge in [-0.15, -0.1) is 0 Å². The molecule has 0 heterocycles. The minimum atomic E-state index is -0.0472. The van der Waals surface area contributed by atoms with Gasteiger partial charge in [0.05, 0.1) is 0 Å². The van der Waals surface area contributed by atoms with Gasteiger partial charge in [-0.1, -0.05) is 42.5 Å². The molecule has 3 nitrogen and oxygen atoms in total. The van der Waals surface area contributed by atoms with Crippen LogP contribution in [0.1, 0.15) is 11.1 Å². The van der Waals surface area contributed by atoms with Crippen molar-refractivity contribution in [2.75, 3.05) is 12.4 Å². The molecule has 102 valence electrons. The Bertz CT molecular complexity index is 584. The number of nitrogens with one attached hydrogen (secondary N) is 1. The SMILES string of the molecule is CN(C(=O)Nc1ccccc1)C1Cc2ccccc2C1. The Morgan fingerprint density at radius 3 is 2.15 bits per heavy atom. The Morgan fingerprint density at radius 1 is 1.00 bits per heavy atom. The lowest BCUT2D eigenvalue weighted by Crippen LogP contribution is -2.40. The zero-order valence-electron chi connectivity index (χ0n) is 11.5. The van der Waals surface area contributed by atoms with Gasteiger partial charge in [0.25, 0.3) is 0 Å². The first kappa shape index (κ1) is 12.7. The number of rotatable bonds is 2. The van der Waals surface area contributed by atoms with E-state index >= 15 is 0 Å². The molecule has 0 bridgehead atoms. The summed E-state index contributed by atoms with van der Waals surface area (Å²) in [4.78, 5) is 14.1. The summed E-state index contributed by atoms with van der Waals surface area (Å²) in [5.41, 5.74) is 3.55. The van der Waals surface area contributed by atoms with Gasteiger partial charge in [0.1, 0.15) is 0 Å². The molecule has 0 saturated heterocycles. The summed E-state index contributed by atoms with van der Waals surface area (Å²) >= 11 is 0. The Kier molecular flexibility index (Phi) is 3.42. The number of hydrogen-bond acceptors (Lipinski definition) is 1. The summed E-state index contributed by atoms with van der Waals surface area (Å²) in [5, 5.41) is 2.93. The van der Waals surface area contributed by atoms with E-state index < -0.39 is 0 Å². The standard InChI is InChI=1S/C17H18N2O/c1-19(17(20)18-15-9-3-2-4-10-15)16-11-13-7-5-6-8-14(13)12-16/h2-10,16H,11-12H2,1H3,(H,18,20). The van der Waals surface area contributed by atoms with Gasteiger partial charge in [-0.25, -0.2) is 4.79 Å². The molecule has 0 unspecified atom stereocenters. The molecule has 2 aromatic carbocycles. The lowest BCUT2D eigenvalue weighted by atomic mass is 10.1. The van der Waals surface area contributed by atoms with Crippen LogP contribution in [-0.4, -0.2) is 24.0 Å². The van der Waals surface area contributed by atoms with Crippen LogP contribution < -0.4 is 5.32 Å². The second-order valence-corrected chi connectivity index (χ2v) is 5.24. The van der Waals surface area contributed by atoms with Crippen LogP contribution in [0.4, 0.5) is 10.5 Å². The second kappa shape index (κ2) is 5.37. The predicted molar refractivity (Wildman–Crippen MR) is 80.9 cm³/mol. The fourth-order valence-corrected chi connectivity index (χ4v) is 2.71. The number of urea groups is 1. The largest absolute Gasteiger partial charge is 0.324 e. The zero-order chi connectivity index (χ0) is 13.9. The Hall–Kier alpha value is -2.29. The summed E-state index contributed by atoms with van der Waals surface area (Å²) in [5.74, 6) is 0. The minimum Gasteiger partial charge on any atom is -0.324 e. The van der Waals surface area contributed by atoms with Gasteiger partial charge >= 0.3 is 6.03 Å². The fraction of sp³-hybridized carbons (Fsp3) is 0.235. The van der Waals surface area contributed by atoms with E-state index in [4.69, 9.17) is 0 Å². The predicted octanol–water partition coefficient (Wildman–Crippen LogP) is 3.32. The van der Waals surface area contributed by atoms with Crippen LogP contribution in [0.25, 0.3) is 0 Å². The van der Waals surface area contributed by atoms with Crippen molar-refractivity contribution in [3.8, 4) is 0 Å². The average molecular weight is 266 g/mol. The highest BCUT2D eigenvalue weighted by atomic mass is 16.2. The molecule has 2 aromatic rings. The van der Waals surface area contributed by atoms with Gasteiger partial charge < -0.3 is 10.2 Å². The molecule has 0 aromatic heterocycles. The molecule has 0 fully saturated rings. The number of fused-ring (bicyclic) bond motifs is 1. The molecular formula is C17H18N2O. The van der Waals surface area contributed by atoms with Crippen LogP contribution in [0.15, 0.2) is 54.6 Å². The molecule has 2 amide bonds. The number of carbonyl (C=O) groups is 1. The summed E-state index contributed by atoms with van der Waals surface area (Å²) in [6.45, 7) is 0. The van der Waals surface area contributed by atoms with Crippen molar-refractivity contribution in [3.63, 3.8) is 0 Å². The lowest BCUT2D eigenvalue weighted by molar-refractivity contribution is 0.205. The number of nitrogens with zero attached hydrogens (tertiary/aromatic N) is 1. The third-order valence-electron chi connectivity index (χ3n) is 3.92. The lowest BCUT2D eigenvalue weighted by Gasteiger charge is -2.24. The van der Waals surface area contributed by atoms with Gasteiger partial charge in [0, 0.05) is 18.8 Å². The van der Waals surface area contributed by atoms with Gasteiger partial charge in [-0.2, -0.15) is 0 Å². The first-order valence-corrected chi connectivity index (χ1v) is 6.89. The van der Waals surface area contributed by atoms with Crippen LogP contribution in [0.5, 0.6) is 0 Å². The zero-order valence-corrected chi connectivity index (χ0v) is 11.5. The van der Waals surface area contributed by atoms with Crippen LogP contribution in [0.3, 0.4) is 0 Å². The highest BCUT2D eigenvalue weighted by Crippen LogP contribution is 2.25. The molecular weight excluding hydrogens is 248 g/mol. The molecule has 3 rings (SSSR count). The van der Waals surface area contributed by atoms with E-state index in [9.17, 15) is 4.79 Å². The normalized spacial score (nSPS) is 13.8. The number of para-hydroxylation sites is 1. The Labute approximate surface area is 119 Å². The van der Waals surface area contributed by atoms with Crippen LogP contribution in [0, 0.1) is 0 Å². The Morgan fingerprint density at radius 2 is 1.55 bits per heavy atom. The molecule has 0 spiro atoms. The molecule has 0 aliphatic heterocycles. The molecule has 20 heavy (non-hydrogen) atoms. The number of amides is 2. The second-order valence-electron chi connectivity index (χ2n) is 5.24. The van der Waals surface area contributed by atoms with E-state index in [0.717, 1.165) is 18.5 Å². The first-order valence-electron chi connectivity index (χ1n) is 6.89. The van der Waals surface area contributed by atoms with Gasteiger partial charge in [-0.05, 0) is 36.1 Å². The minimum absolute atomic E-state index is 0.0472. The monoisotopic (exact) mass is 266 g/mol. The van der Waals surface area contributed by atoms with E-state index in [1.54, 1.807) is 0 Å². The van der Waals surface area contributed by atoms with Crippen LogP contribution in [0.2, 0.25) is 0 Å². The molecule has 0 atom stereocenters. The molecule has 0 saturated carbocycles. The average Bonchev–Trinajstić information content (AvgIpc) is 2.91. The fourth-order valence-electron chi connectivity index (χ4n) is 2.71. The van der Waals surface area contributed by atoms with Crippen LogP contribution >= 0.6 is 0 Å². The number of benzene rings is 2. The topological polar surface area (TPSA) is 32.3 Å². The van der Waals surface area contributed by atoms with E-state index in [0.29, 0.717) is 0 Å². The smallest absolute Gasteiger partial charge is 0.321 e. The Balaban J connectivity index is 1.66. The molecule has 1 aliphatic rings. The molecule has 1 aliphatic carbocycles. The highest BCUT2D eigenvalue weighted by Gasteiger charge is 2.27. The van der Waals surface area contributed by atoms with Crippen molar-refractivity contribution in [1.29, 1.82) is 0 Å². The van der Waals surface area contributed by atoms with Gasteiger partial charge in [0.15, 0.2) is 0 Å². The number of carbonyl (C=O) groups excluding carboxylic acids is 1. The van der Waals surface area contributed by atoms with Crippen LogP contribution in [-0.2, 0) is 12.8 Å². The van der Waals surface area contributed by atoms with Gasteiger partial charge in [-0.3, -0.25) is 0 Å². The third kappa shape index (κ3) is 2.52. The summed E-state index contributed by atoms with van der Waals surface area (Å²) in [7, 11) is 1.87. The maximum atomic E-state index is 12.3. The van der Waals surface area contributed by atoms with Crippen molar-refractivity contribution in [2.24, 2.45) is 0 Å². The number of hydrogen-bond donors (Lipinski definition) is 1. The van der Waals surface area contributed by atoms with Crippen molar-refractivity contribution in [2.45, 2.75) is 18.9 Å². The van der Waals surface area contributed by atoms with Crippen molar-refractivity contribution < 1.29 is 4.79 Å². The van der Waals surface area contributed by atoms with Crippen molar-refractivity contribution in [3.05, 3.63) is 65.7 Å². The molecule has 0 radical (unpaired) electrons. The summed E-state index contributed by atoms with van der Waals surface area (Å²) in [6.07, 6.45) is 1.88. The molecule has 3 heteroatoms. The van der Waals surface area contributed by atoms with Crippen molar-refractivity contribution >= 4 is 11.7 Å². The van der Waals surface area contributed by atoms with E-state index in [-0.39, 0.29) is 12.1 Å². The summed E-state index contributed by atoms with van der Waals surface area (Å²) < 4.78 is 0. The maximum Gasteiger partial charge on any atom is 0.321 e. The highest BCUT2D eigenvalue weighted by molar-refractivity contribution is 5.89. The maximum absolute atomic E-state index is 12.3. The van der Waals surface area contributed by atoms with Gasteiger partial charge in [0.2, 0.25) is 0 Å². The van der Waals surface area contributed by atoms with E-state index in [1.807, 2.05) is 42.3 Å². The quantitative estimate of drug-likeness (QED) is 0.888.